The van der Waals surface area contributed by atoms with Crippen LogP contribution in [0.4, 0.5) is 0 Å². The number of benzene rings is 1. The molecule has 2 rings (SSSR count). The van der Waals surface area contributed by atoms with Crippen molar-refractivity contribution in [3.05, 3.63) is 36.0 Å². The van der Waals surface area contributed by atoms with Crippen molar-refractivity contribution in [2.45, 2.75) is 26.4 Å². The minimum Gasteiger partial charge on any atom is -0.383 e. The molecule has 0 aliphatic carbocycles. The Morgan fingerprint density at radius 1 is 1.42 bits per heavy atom. The molecule has 4 heteroatoms. The maximum atomic E-state index is 12.0. The highest BCUT2D eigenvalue weighted by Gasteiger charge is 2.11. The van der Waals surface area contributed by atoms with E-state index in [4.69, 9.17) is 4.74 Å². The quantitative estimate of drug-likeness (QED) is 0.894. The van der Waals surface area contributed by atoms with Crippen LogP contribution in [0.25, 0.3) is 10.9 Å². The van der Waals surface area contributed by atoms with Crippen LogP contribution in [-0.2, 0) is 16.1 Å². The highest BCUT2D eigenvalue weighted by Crippen LogP contribution is 2.18. The summed E-state index contributed by atoms with van der Waals surface area (Å²) in [4.78, 5) is 12.0. The molecule has 0 saturated carbocycles. The molecule has 102 valence electrons. The van der Waals surface area contributed by atoms with Crippen LogP contribution in [-0.4, -0.2) is 30.2 Å². The van der Waals surface area contributed by atoms with Gasteiger partial charge in [0.15, 0.2) is 0 Å². The lowest BCUT2D eigenvalue weighted by Crippen LogP contribution is -2.37. The molecule has 1 atom stereocenters. The van der Waals surface area contributed by atoms with Gasteiger partial charge in [-0.05, 0) is 31.4 Å². The lowest BCUT2D eigenvalue weighted by Gasteiger charge is -2.14. The van der Waals surface area contributed by atoms with Gasteiger partial charge in [-0.15, -0.1) is 0 Å². The number of fused-ring (bicyclic) bond motifs is 1. The Labute approximate surface area is 113 Å². The van der Waals surface area contributed by atoms with Crippen molar-refractivity contribution in [3.8, 4) is 0 Å². The van der Waals surface area contributed by atoms with E-state index >= 15 is 0 Å². The van der Waals surface area contributed by atoms with Crippen molar-refractivity contribution in [1.82, 2.24) is 9.88 Å². The summed E-state index contributed by atoms with van der Waals surface area (Å²) >= 11 is 0. The first-order valence-electron chi connectivity index (χ1n) is 6.45. The fraction of sp³-hybridized carbons (Fsp3) is 0.400. The van der Waals surface area contributed by atoms with Crippen molar-refractivity contribution in [3.63, 3.8) is 0 Å². The third-order valence-corrected chi connectivity index (χ3v) is 3.14. The Bertz CT molecular complexity index is 575. The summed E-state index contributed by atoms with van der Waals surface area (Å²) in [6.45, 7) is 4.82. The number of aromatic nitrogens is 1. The fourth-order valence-corrected chi connectivity index (χ4v) is 2.31. The number of carbonyl (C=O) groups is 1. The maximum absolute atomic E-state index is 12.0. The number of para-hydroxylation sites is 1. The summed E-state index contributed by atoms with van der Waals surface area (Å²) in [6, 6.07) is 10.2. The number of hydrogen-bond donors (Lipinski definition) is 1. The molecule has 0 spiro atoms. The van der Waals surface area contributed by atoms with E-state index in [2.05, 4.69) is 17.4 Å². The number of nitrogens with zero attached hydrogens (tertiary/aromatic N) is 1. The first-order chi connectivity index (χ1) is 9.11. The maximum Gasteiger partial charge on any atom is 0.240 e. The molecule has 4 nitrogen and oxygen atoms in total. The Morgan fingerprint density at radius 2 is 2.16 bits per heavy atom. The summed E-state index contributed by atoms with van der Waals surface area (Å²) in [5.41, 5.74) is 2.19. The average molecular weight is 260 g/mol. The van der Waals surface area contributed by atoms with Crippen LogP contribution < -0.4 is 5.32 Å². The van der Waals surface area contributed by atoms with E-state index in [1.807, 2.05) is 36.6 Å². The number of nitrogens with one attached hydrogen (secondary N) is 1. The SMILES string of the molecule is COC[C@@H](C)NC(=O)Cn1c(C)cc2ccccc21. The minimum absolute atomic E-state index is 0.00834. The van der Waals surface area contributed by atoms with E-state index in [1.54, 1.807) is 7.11 Å². The largest absolute Gasteiger partial charge is 0.383 e. The lowest BCUT2D eigenvalue weighted by atomic mass is 10.2. The van der Waals surface area contributed by atoms with Gasteiger partial charge < -0.3 is 14.6 Å². The lowest BCUT2D eigenvalue weighted by molar-refractivity contribution is -0.122. The molecule has 0 radical (unpaired) electrons. The monoisotopic (exact) mass is 260 g/mol. The third-order valence-electron chi connectivity index (χ3n) is 3.14. The van der Waals surface area contributed by atoms with E-state index in [9.17, 15) is 4.79 Å². The number of carbonyl (C=O) groups excluding carboxylic acids is 1. The second-order valence-corrected chi connectivity index (χ2v) is 4.85. The van der Waals surface area contributed by atoms with E-state index in [-0.39, 0.29) is 11.9 Å². The van der Waals surface area contributed by atoms with Gasteiger partial charge in [0.2, 0.25) is 5.91 Å². The molecule has 1 amide bonds. The van der Waals surface area contributed by atoms with Gasteiger partial charge in [0.25, 0.3) is 0 Å². The van der Waals surface area contributed by atoms with Crippen LogP contribution >= 0.6 is 0 Å². The zero-order valence-corrected chi connectivity index (χ0v) is 11.6. The zero-order valence-electron chi connectivity index (χ0n) is 11.6. The molecule has 0 aliphatic rings. The molecule has 0 fully saturated rings. The van der Waals surface area contributed by atoms with Crippen molar-refractivity contribution in [2.75, 3.05) is 13.7 Å². The van der Waals surface area contributed by atoms with Crippen molar-refractivity contribution in [2.24, 2.45) is 0 Å². The molecule has 0 saturated heterocycles. The van der Waals surface area contributed by atoms with Gasteiger partial charge in [-0.25, -0.2) is 0 Å². The minimum atomic E-state index is 0.00834. The van der Waals surface area contributed by atoms with Crippen LogP contribution in [0.3, 0.4) is 0 Å². The zero-order chi connectivity index (χ0) is 13.8. The molecular formula is C15H20N2O2. The summed E-state index contributed by atoms with van der Waals surface area (Å²) in [5, 5.41) is 4.09. The standard InChI is InChI=1S/C15H20N2O2/c1-11(10-19-3)16-15(18)9-17-12(2)8-13-6-4-5-7-14(13)17/h4-8,11H,9-10H2,1-3H3,(H,16,18)/t11-/m1/s1. The Kier molecular flexibility index (Phi) is 4.22. The normalized spacial score (nSPS) is 12.6. The smallest absolute Gasteiger partial charge is 0.240 e. The van der Waals surface area contributed by atoms with Crippen LogP contribution in [0, 0.1) is 6.92 Å². The molecule has 1 aromatic heterocycles. The highest BCUT2D eigenvalue weighted by molar-refractivity contribution is 5.84. The Morgan fingerprint density at radius 3 is 2.89 bits per heavy atom. The number of aryl methyl sites for hydroxylation is 1. The van der Waals surface area contributed by atoms with E-state index < -0.39 is 0 Å². The Hall–Kier alpha value is -1.81. The van der Waals surface area contributed by atoms with Gasteiger partial charge in [0.1, 0.15) is 6.54 Å². The number of methoxy groups -OCH3 is 1. The molecular weight excluding hydrogens is 240 g/mol. The molecule has 0 bridgehead atoms. The predicted octanol–water partition coefficient (Wildman–Crippen LogP) is 2.10. The van der Waals surface area contributed by atoms with Gasteiger partial charge >= 0.3 is 0 Å². The van der Waals surface area contributed by atoms with E-state index in [0.29, 0.717) is 13.2 Å². The Balaban J connectivity index is 2.13. The second kappa shape index (κ2) is 5.89. The van der Waals surface area contributed by atoms with Crippen LogP contribution in [0.15, 0.2) is 30.3 Å². The summed E-state index contributed by atoms with van der Waals surface area (Å²) in [7, 11) is 1.63. The fourth-order valence-electron chi connectivity index (χ4n) is 2.31. The molecule has 19 heavy (non-hydrogen) atoms. The predicted molar refractivity (Wildman–Crippen MR) is 76.2 cm³/mol. The van der Waals surface area contributed by atoms with Crippen LogP contribution in [0.5, 0.6) is 0 Å². The number of hydrogen-bond acceptors (Lipinski definition) is 2. The first-order valence-corrected chi connectivity index (χ1v) is 6.45. The summed E-state index contributed by atoms with van der Waals surface area (Å²) in [5.74, 6) is 0.00834. The molecule has 1 heterocycles. The van der Waals surface area contributed by atoms with Crippen molar-refractivity contribution >= 4 is 16.8 Å². The molecule has 1 aromatic carbocycles. The first kappa shape index (κ1) is 13.6. The summed E-state index contributed by atoms with van der Waals surface area (Å²) < 4.78 is 7.04. The number of amides is 1. The summed E-state index contributed by atoms with van der Waals surface area (Å²) in [6.07, 6.45) is 0. The molecule has 0 unspecified atom stereocenters. The topological polar surface area (TPSA) is 43.3 Å². The molecule has 0 aliphatic heterocycles. The third kappa shape index (κ3) is 3.15. The van der Waals surface area contributed by atoms with Crippen molar-refractivity contribution < 1.29 is 9.53 Å². The second-order valence-electron chi connectivity index (χ2n) is 4.85. The molecule has 1 N–H and O–H groups in total. The van der Waals surface area contributed by atoms with Gasteiger partial charge in [-0.2, -0.15) is 0 Å². The van der Waals surface area contributed by atoms with E-state index in [1.165, 1.54) is 0 Å². The average Bonchev–Trinajstić information content (AvgIpc) is 2.66. The van der Waals surface area contributed by atoms with Gasteiger partial charge in [0, 0.05) is 24.4 Å². The molecule has 2 aromatic rings. The van der Waals surface area contributed by atoms with Crippen LogP contribution in [0.2, 0.25) is 0 Å². The number of ether oxygens (including phenoxy) is 1. The highest BCUT2D eigenvalue weighted by atomic mass is 16.5. The van der Waals surface area contributed by atoms with Crippen molar-refractivity contribution in [1.29, 1.82) is 0 Å². The van der Waals surface area contributed by atoms with E-state index in [0.717, 1.165) is 16.6 Å². The van der Waals surface area contributed by atoms with Crippen LogP contribution in [0.1, 0.15) is 12.6 Å². The van der Waals surface area contributed by atoms with Gasteiger partial charge in [-0.1, -0.05) is 18.2 Å². The van der Waals surface area contributed by atoms with Gasteiger partial charge in [0.05, 0.1) is 6.61 Å². The number of rotatable bonds is 5. The van der Waals surface area contributed by atoms with Gasteiger partial charge in [-0.3, -0.25) is 4.79 Å².